The first kappa shape index (κ1) is 14.6. The second kappa shape index (κ2) is 6.23. The van der Waals surface area contributed by atoms with Gasteiger partial charge in [0.25, 0.3) is 0 Å². The van der Waals surface area contributed by atoms with Crippen molar-refractivity contribution in [3.8, 4) is 0 Å². The summed E-state index contributed by atoms with van der Waals surface area (Å²) in [5.74, 6) is 0. The van der Waals surface area contributed by atoms with E-state index in [4.69, 9.17) is 23.2 Å². The number of halogens is 2. The molecule has 0 radical (unpaired) electrons. The largest absolute Gasteiger partial charge is 0.120 e. The zero-order valence-electron chi connectivity index (χ0n) is 10.00. The highest BCUT2D eigenvalue weighted by Crippen LogP contribution is 2.27. The van der Waals surface area contributed by atoms with E-state index in [0.29, 0.717) is 0 Å². The summed E-state index contributed by atoms with van der Waals surface area (Å²) < 4.78 is 0. The summed E-state index contributed by atoms with van der Waals surface area (Å²) in [4.78, 5) is -0.0223. The van der Waals surface area contributed by atoms with E-state index < -0.39 is 0 Å². The standard InChI is InChI=1S/C12H24Cl2/c1-5-12(4,14)10-8-6-7-9-11(2,3)13/h5-10H2,1-4H3. The molecule has 0 spiro atoms. The first-order chi connectivity index (χ1) is 6.27. The average Bonchev–Trinajstić information content (AvgIpc) is 2.01. The zero-order valence-corrected chi connectivity index (χ0v) is 11.5. The van der Waals surface area contributed by atoms with Crippen LogP contribution in [0.2, 0.25) is 0 Å². The minimum absolute atomic E-state index is 0.0104. The first-order valence-corrected chi connectivity index (χ1v) is 6.40. The maximum Gasteiger partial charge on any atom is 0.0416 e. The molecule has 14 heavy (non-hydrogen) atoms. The highest BCUT2D eigenvalue weighted by Gasteiger charge is 2.17. The van der Waals surface area contributed by atoms with Crippen molar-refractivity contribution >= 4 is 23.2 Å². The van der Waals surface area contributed by atoms with E-state index in [1.54, 1.807) is 0 Å². The second-order valence-corrected chi connectivity index (χ2v) is 6.98. The van der Waals surface area contributed by atoms with Crippen LogP contribution in [0.15, 0.2) is 0 Å². The molecule has 0 rings (SSSR count). The number of hydrogen-bond donors (Lipinski definition) is 0. The molecule has 2 heteroatoms. The highest BCUT2D eigenvalue weighted by atomic mass is 35.5. The van der Waals surface area contributed by atoms with Gasteiger partial charge in [-0.05, 0) is 40.0 Å². The van der Waals surface area contributed by atoms with Crippen LogP contribution in [0.4, 0.5) is 0 Å². The Bertz CT molecular complexity index is 145. The van der Waals surface area contributed by atoms with Crippen LogP contribution in [0.3, 0.4) is 0 Å². The lowest BCUT2D eigenvalue weighted by atomic mass is 9.97. The van der Waals surface area contributed by atoms with E-state index in [9.17, 15) is 0 Å². The Morgan fingerprint density at radius 3 is 1.79 bits per heavy atom. The van der Waals surface area contributed by atoms with Crippen molar-refractivity contribution in [3.63, 3.8) is 0 Å². The fourth-order valence-corrected chi connectivity index (χ4v) is 1.66. The topological polar surface area (TPSA) is 0 Å². The van der Waals surface area contributed by atoms with Crippen molar-refractivity contribution < 1.29 is 0 Å². The summed E-state index contributed by atoms with van der Waals surface area (Å²) in [5.41, 5.74) is 0. The Morgan fingerprint density at radius 1 is 0.857 bits per heavy atom. The number of rotatable bonds is 7. The molecule has 0 heterocycles. The maximum absolute atomic E-state index is 6.26. The molecule has 0 aliphatic rings. The molecule has 0 saturated heterocycles. The van der Waals surface area contributed by atoms with Gasteiger partial charge in [-0.3, -0.25) is 0 Å². The Labute approximate surface area is 99.4 Å². The first-order valence-electron chi connectivity index (χ1n) is 5.65. The van der Waals surface area contributed by atoms with Crippen molar-refractivity contribution in [2.24, 2.45) is 0 Å². The fraction of sp³-hybridized carbons (Fsp3) is 1.00. The maximum atomic E-state index is 6.26. The van der Waals surface area contributed by atoms with Gasteiger partial charge in [0.1, 0.15) is 0 Å². The lowest BCUT2D eigenvalue weighted by Gasteiger charge is -2.20. The van der Waals surface area contributed by atoms with Gasteiger partial charge >= 0.3 is 0 Å². The molecular weight excluding hydrogens is 215 g/mol. The van der Waals surface area contributed by atoms with Gasteiger partial charge in [0.15, 0.2) is 0 Å². The molecule has 0 aliphatic carbocycles. The molecule has 0 fully saturated rings. The number of hydrogen-bond acceptors (Lipinski definition) is 0. The normalized spacial score (nSPS) is 16.7. The van der Waals surface area contributed by atoms with E-state index in [0.717, 1.165) is 19.3 Å². The smallest absolute Gasteiger partial charge is 0.0416 e. The Hall–Kier alpha value is 0.580. The zero-order chi connectivity index (χ0) is 11.2. The molecule has 1 unspecified atom stereocenters. The van der Waals surface area contributed by atoms with E-state index in [2.05, 4.69) is 27.7 Å². The third-order valence-electron chi connectivity index (χ3n) is 2.71. The number of alkyl halides is 2. The van der Waals surface area contributed by atoms with Crippen molar-refractivity contribution in [2.75, 3.05) is 0 Å². The van der Waals surface area contributed by atoms with Gasteiger partial charge in [-0.25, -0.2) is 0 Å². The van der Waals surface area contributed by atoms with Crippen molar-refractivity contribution in [1.29, 1.82) is 0 Å². The summed E-state index contributed by atoms with van der Waals surface area (Å²) in [7, 11) is 0. The summed E-state index contributed by atoms with van der Waals surface area (Å²) in [6, 6.07) is 0. The van der Waals surface area contributed by atoms with Crippen LogP contribution in [0.1, 0.15) is 66.2 Å². The molecule has 0 aromatic carbocycles. The third-order valence-corrected chi connectivity index (χ3v) is 3.35. The van der Waals surface area contributed by atoms with Gasteiger partial charge in [-0.15, -0.1) is 23.2 Å². The van der Waals surface area contributed by atoms with Crippen LogP contribution in [-0.4, -0.2) is 9.75 Å². The van der Waals surface area contributed by atoms with Crippen LogP contribution in [-0.2, 0) is 0 Å². The molecule has 1 atom stereocenters. The molecule has 86 valence electrons. The van der Waals surface area contributed by atoms with Crippen LogP contribution in [0, 0.1) is 0 Å². The fourth-order valence-electron chi connectivity index (χ4n) is 1.39. The second-order valence-electron chi connectivity index (χ2n) is 5.05. The highest BCUT2D eigenvalue weighted by molar-refractivity contribution is 6.23. The molecule has 0 aromatic rings. The predicted molar refractivity (Wildman–Crippen MR) is 67.6 cm³/mol. The molecule has 0 aromatic heterocycles. The van der Waals surface area contributed by atoms with Gasteiger partial charge < -0.3 is 0 Å². The summed E-state index contributed by atoms with van der Waals surface area (Å²) in [6.07, 6.45) is 6.95. The van der Waals surface area contributed by atoms with Crippen LogP contribution < -0.4 is 0 Å². The van der Waals surface area contributed by atoms with Crippen molar-refractivity contribution in [2.45, 2.75) is 76.0 Å². The van der Waals surface area contributed by atoms with Crippen molar-refractivity contribution in [3.05, 3.63) is 0 Å². The lowest BCUT2D eigenvalue weighted by molar-refractivity contribution is 0.489. The van der Waals surface area contributed by atoms with Crippen LogP contribution in [0.25, 0.3) is 0 Å². The minimum Gasteiger partial charge on any atom is -0.120 e. The molecule has 0 saturated carbocycles. The third kappa shape index (κ3) is 9.15. The monoisotopic (exact) mass is 238 g/mol. The molecule has 0 amide bonds. The average molecular weight is 239 g/mol. The van der Waals surface area contributed by atoms with Gasteiger partial charge in [0.2, 0.25) is 0 Å². The summed E-state index contributed by atoms with van der Waals surface area (Å²) >= 11 is 12.4. The van der Waals surface area contributed by atoms with Gasteiger partial charge in [0, 0.05) is 9.75 Å². The molecule has 0 nitrogen and oxygen atoms in total. The Kier molecular flexibility index (Phi) is 6.48. The summed E-state index contributed by atoms with van der Waals surface area (Å²) in [5, 5.41) is 0. The summed E-state index contributed by atoms with van der Waals surface area (Å²) in [6.45, 7) is 8.42. The minimum atomic E-state index is -0.0327. The quantitative estimate of drug-likeness (QED) is 0.414. The van der Waals surface area contributed by atoms with E-state index in [1.807, 2.05) is 0 Å². The predicted octanol–water partition coefficient (Wildman–Crippen LogP) is 5.36. The van der Waals surface area contributed by atoms with Gasteiger partial charge in [-0.1, -0.05) is 26.2 Å². The van der Waals surface area contributed by atoms with E-state index >= 15 is 0 Å². The molecule has 0 aliphatic heterocycles. The molecule has 0 bridgehead atoms. The molecule has 0 N–H and O–H groups in total. The van der Waals surface area contributed by atoms with Crippen LogP contribution in [0.5, 0.6) is 0 Å². The molecular formula is C12H24Cl2. The SMILES string of the molecule is CCC(C)(Cl)CCCCCC(C)(C)Cl. The Morgan fingerprint density at radius 2 is 1.36 bits per heavy atom. The van der Waals surface area contributed by atoms with Gasteiger partial charge in [0.05, 0.1) is 0 Å². The van der Waals surface area contributed by atoms with Gasteiger partial charge in [-0.2, -0.15) is 0 Å². The van der Waals surface area contributed by atoms with Crippen molar-refractivity contribution in [1.82, 2.24) is 0 Å². The van der Waals surface area contributed by atoms with E-state index in [-0.39, 0.29) is 9.75 Å². The van der Waals surface area contributed by atoms with Crippen LogP contribution >= 0.6 is 23.2 Å². The number of unbranched alkanes of at least 4 members (excludes halogenated alkanes) is 2. The Balaban J connectivity index is 3.39. The van der Waals surface area contributed by atoms with E-state index in [1.165, 1.54) is 19.3 Å². The lowest BCUT2D eigenvalue weighted by Crippen LogP contribution is -2.14.